The molecule has 0 bridgehead atoms. The molecule has 1 aliphatic heterocycles. The molecule has 1 atom stereocenters. The highest BCUT2D eigenvalue weighted by Gasteiger charge is 2.53. The number of alkyl halides is 2. The molecular formula is C24H35F2N7O3. The summed E-state index contributed by atoms with van der Waals surface area (Å²) in [5.41, 5.74) is 7.00. The highest BCUT2D eigenvalue weighted by molar-refractivity contribution is 5.60. The number of nitrogen functional groups attached to an aromatic ring is 1. The zero-order valence-electron chi connectivity index (χ0n) is 21.2. The van der Waals surface area contributed by atoms with E-state index in [4.69, 9.17) is 15.2 Å². The molecule has 2 aromatic rings. The lowest BCUT2D eigenvalue weighted by molar-refractivity contribution is -0.122. The van der Waals surface area contributed by atoms with E-state index in [0.717, 1.165) is 37.9 Å². The van der Waals surface area contributed by atoms with E-state index in [2.05, 4.69) is 24.8 Å². The number of nitrogens with zero attached hydrogens (tertiary/aromatic N) is 6. The lowest BCUT2D eigenvalue weighted by Gasteiger charge is -2.39. The smallest absolute Gasteiger partial charge is 0.251 e. The molecule has 3 aliphatic rings. The topological polar surface area (TPSA) is 120 Å². The minimum atomic E-state index is -2.29. The number of hydrogen-bond donors (Lipinski definition) is 1. The Labute approximate surface area is 210 Å². The third kappa shape index (κ3) is 7.19. The largest absolute Gasteiger partial charge is 0.474 e. The molecule has 5 rings (SSSR count). The third-order valence-electron chi connectivity index (χ3n) is 6.19. The minimum Gasteiger partial charge on any atom is -0.474 e. The van der Waals surface area contributed by atoms with Crippen LogP contribution in [0.1, 0.15) is 40.0 Å². The van der Waals surface area contributed by atoms with E-state index >= 15 is 0 Å². The lowest BCUT2D eigenvalue weighted by Crippen LogP contribution is -2.47. The van der Waals surface area contributed by atoms with Gasteiger partial charge in [-0.05, 0) is 0 Å². The summed E-state index contributed by atoms with van der Waals surface area (Å²) in [6, 6.07) is 2.00. The number of anilines is 2. The summed E-state index contributed by atoms with van der Waals surface area (Å²) in [5, 5.41) is 0. The second-order valence-corrected chi connectivity index (χ2v) is 8.82. The third-order valence-corrected chi connectivity index (χ3v) is 6.19. The van der Waals surface area contributed by atoms with Crippen LogP contribution in [0.2, 0.25) is 0 Å². The Balaban J connectivity index is 0.000000390. The van der Waals surface area contributed by atoms with Gasteiger partial charge in [0.1, 0.15) is 6.10 Å². The van der Waals surface area contributed by atoms with Crippen LogP contribution in [-0.2, 0) is 9.53 Å². The number of rotatable bonds is 6. The Hall–Kier alpha value is -3.15. The normalized spacial score (nSPS) is 23.6. The van der Waals surface area contributed by atoms with E-state index in [0.29, 0.717) is 30.7 Å². The summed E-state index contributed by atoms with van der Waals surface area (Å²) in [4.78, 5) is 32.0. The lowest BCUT2D eigenvalue weighted by atomic mass is 9.88. The average molecular weight is 508 g/mol. The van der Waals surface area contributed by atoms with Gasteiger partial charge in [0.2, 0.25) is 24.2 Å². The van der Waals surface area contributed by atoms with Crippen molar-refractivity contribution in [3.8, 4) is 17.1 Å². The SMILES string of the molecule is CC.CC1CC1(F)F.CN(C=O)C1CC(Oc2cc(-c3cnc(N)nc3)nc(N3CCOCC3)n2)C1. The molecule has 1 saturated heterocycles. The van der Waals surface area contributed by atoms with Gasteiger partial charge >= 0.3 is 0 Å². The molecule has 2 N–H and O–H groups in total. The summed E-state index contributed by atoms with van der Waals surface area (Å²) < 4.78 is 34.5. The van der Waals surface area contributed by atoms with Crippen molar-refractivity contribution < 1.29 is 23.0 Å². The van der Waals surface area contributed by atoms with Crippen molar-refractivity contribution in [1.29, 1.82) is 0 Å². The standard InChI is InChI=1S/C18H23N7O3.C4H6F2.C2H6/c1-24(11-26)13-6-14(7-13)28-16-8-15(12-9-20-17(19)21-10-12)22-18(23-16)25-2-4-27-5-3-25;1-3-2-4(3,5)6;1-2/h8-11,13-14H,2-7H2,1H3,(H2,19,20,21);3H,2H2,1H3;1-2H3. The van der Waals surface area contributed by atoms with Crippen LogP contribution in [0.3, 0.4) is 0 Å². The summed E-state index contributed by atoms with van der Waals surface area (Å²) >= 11 is 0. The number of carbonyl (C=O) groups excluding carboxylic acids is 1. The van der Waals surface area contributed by atoms with Crippen molar-refractivity contribution in [3.63, 3.8) is 0 Å². The highest BCUT2D eigenvalue weighted by Crippen LogP contribution is 2.47. The van der Waals surface area contributed by atoms with Gasteiger partial charge < -0.3 is 25.0 Å². The number of ether oxygens (including phenoxy) is 2. The van der Waals surface area contributed by atoms with Gasteiger partial charge in [0.15, 0.2) is 0 Å². The van der Waals surface area contributed by atoms with E-state index < -0.39 is 5.92 Å². The molecule has 10 nitrogen and oxygen atoms in total. The second-order valence-electron chi connectivity index (χ2n) is 8.82. The number of carbonyl (C=O) groups is 1. The predicted octanol–water partition coefficient (Wildman–Crippen LogP) is 3.04. The molecule has 2 aliphatic carbocycles. The van der Waals surface area contributed by atoms with Crippen molar-refractivity contribution in [2.45, 2.75) is 58.1 Å². The van der Waals surface area contributed by atoms with E-state index in [1.165, 1.54) is 0 Å². The van der Waals surface area contributed by atoms with Gasteiger partial charge in [-0.1, -0.05) is 20.8 Å². The molecule has 2 aromatic heterocycles. The molecular weight excluding hydrogens is 472 g/mol. The van der Waals surface area contributed by atoms with Gasteiger partial charge in [-0.2, -0.15) is 4.98 Å². The molecule has 198 valence electrons. The minimum absolute atomic E-state index is 0.0235. The number of hydrogen-bond acceptors (Lipinski definition) is 9. The zero-order chi connectivity index (χ0) is 26.3. The molecule has 3 heterocycles. The van der Waals surface area contributed by atoms with E-state index in [1.54, 1.807) is 37.3 Å². The summed E-state index contributed by atoms with van der Waals surface area (Å²) in [6.45, 7) is 8.27. The number of halogens is 2. The van der Waals surface area contributed by atoms with Gasteiger partial charge in [0, 0.05) is 75.4 Å². The van der Waals surface area contributed by atoms with Crippen LogP contribution >= 0.6 is 0 Å². The Morgan fingerprint density at radius 3 is 2.31 bits per heavy atom. The fourth-order valence-corrected chi connectivity index (χ4v) is 3.57. The Bertz CT molecular complexity index is 984. The predicted molar refractivity (Wildman–Crippen MR) is 132 cm³/mol. The molecule has 1 amide bonds. The first-order valence-electron chi connectivity index (χ1n) is 12.3. The van der Waals surface area contributed by atoms with Crippen molar-refractivity contribution in [3.05, 3.63) is 18.5 Å². The quantitative estimate of drug-likeness (QED) is 0.588. The first kappa shape index (κ1) is 27.4. The molecule has 0 spiro atoms. The van der Waals surface area contributed by atoms with Crippen molar-refractivity contribution in [2.75, 3.05) is 44.0 Å². The fourth-order valence-electron chi connectivity index (χ4n) is 3.57. The van der Waals surface area contributed by atoms with Crippen LogP contribution in [0.25, 0.3) is 11.3 Å². The molecule has 36 heavy (non-hydrogen) atoms. The summed E-state index contributed by atoms with van der Waals surface area (Å²) in [5.74, 6) is -1.32. The first-order valence-corrected chi connectivity index (χ1v) is 12.3. The first-order chi connectivity index (χ1) is 17.2. The van der Waals surface area contributed by atoms with Crippen LogP contribution in [-0.4, -0.2) is 82.7 Å². The van der Waals surface area contributed by atoms with Crippen LogP contribution in [0.4, 0.5) is 20.7 Å². The number of aromatic nitrogens is 4. The molecule has 0 radical (unpaired) electrons. The van der Waals surface area contributed by atoms with Crippen molar-refractivity contribution in [1.82, 2.24) is 24.8 Å². The van der Waals surface area contributed by atoms with Crippen LogP contribution in [0, 0.1) is 5.92 Å². The average Bonchev–Trinajstić information content (AvgIpc) is 3.45. The fraction of sp³-hybridized carbons (Fsp3) is 0.625. The summed E-state index contributed by atoms with van der Waals surface area (Å²) in [7, 11) is 1.79. The monoisotopic (exact) mass is 507 g/mol. The Morgan fingerprint density at radius 1 is 1.19 bits per heavy atom. The highest BCUT2D eigenvalue weighted by atomic mass is 19.3. The van der Waals surface area contributed by atoms with Gasteiger partial charge in [-0.15, -0.1) is 0 Å². The Morgan fingerprint density at radius 2 is 1.78 bits per heavy atom. The molecule has 1 unspecified atom stereocenters. The van der Waals surface area contributed by atoms with Gasteiger partial charge in [-0.25, -0.2) is 23.7 Å². The van der Waals surface area contributed by atoms with Crippen molar-refractivity contribution >= 4 is 18.3 Å². The molecule has 3 fully saturated rings. The molecule has 12 heteroatoms. The van der Waals surface area contributed by atoms with Gasteiger partial charge in [-0.3, -0.25) is 4.79 Å². The van der Waals surface area contributed by atoms with E-state index in [9.17, 15) is 13.6 Å². The summed E-state index contributed by atoms with van der Waals surface area (Å²) in [6.07, 6.45) is 5.81. The number of morpholine rings is 1. The van der Waals surface area contributed by atoms with Gasteiger partial charge in [0.05, 0.1) is 18.9 Å². The molecule has 0 aromatic carbocycles. The maximum absolute atomic E-state index is 11.5. The van der Waals surface area contributed by atoms with E-state index in [1.807, 2.05) is 13.8 Å². The number of amides is 1. The Kier molecular flexibility index (Phi) is 9.30. The second kappa shape index (κ2) is 12.2. The van der Waals surface area contributed by atoms with Crippen LogP contribution in [0.15, 0.2) is 18.5 Å². The molecule has 2 saturated carbocycles. The van der Waals surface area contributed by atoms with Crippen LogP contribution in [0.5, 0.6) is 5.88 Å². The number of nitrogens with two attached hydrogens (primary N) is 1. The van der Waals surface area contributed by atoms with Crippen LogP contribution < -0.4 is 15.4 Å². The maximum Gasteiger partial charge on any atom is 0.251 e. The van der Waals surface area contributed by atoms with Gasteiger partial charge in [0.25, 0.3) is 5.92 Å². The van der Waals surface area contributed by atoms with Crippen molar-refractivity contribution in [2.24, 2.45) is 5.92 Å². The zero-order valence-corrected chi connectivity index (χ0v) is 21.2. The maximum atomic E-state index is 11.5. The van der Waals surface area contributed by atoms with E-state index in [-0.39, 0.29) is 30.4 Å².